The Balaban J connectivity index is 1.47. The van der Waals surface area contributed by atoms with Crippen LogP contribution in [0.2, 0.25) is 0 Å². The van der Waals surface area contributed by atoms with Crippen LogP contribution >= 0.6 is 11.8 Å². The van der Waals surface area contributed by atoms with Crippen molar-refractivity contribution < 1.29 is 4.39 Å². The summed E-state index contributed by atoms with van der Waals surface area (Å²) >= 11 is 1.44. The van der Waals surface area contributed by atoms with Crippen molar-refractivity contribution in [3.05, 3.63) is 70.5 Å². The fourth-order valence-corrected chi connectivity index (χ4v) is 4.08. The quantitative estimate of drug-likeness (QED) is 0.520. The van der Waals surface area contributed by atoms with Crippen LogP contribution in [-0.4, -0.2) is 24.7 Å². The van der Waals surface area contributed by atoms with Gasteiger partial charge in [-0.15, -0.1) is 10.2 Å². The van der Waals surface area contributed by atoms with Crippen molar-refractivity contribution in [2.75, 3.05) is 0 Å². The smallest absolute Gasteiger partial charge is 0.258 e. The average Bonchev–Trinajstić information content (AvgIpc) is 3.46. The zero-order valence-electron chi connectivity index (χ0n) is 14.8. The Morgan fingerprint density at radius 3 is 2.71 bits per heavy atom. The zero-order valence-corrected chi connectivity index (χ0v) is 15.6. The number of rotatable bonds is 5. The number of nitrogens with one attached hydrogen (secondary N) is 1. The lowest BCUT2D eigenvalue weighted by Crippen LogP contribution is -2.11. The fourth-order valence-electron chi connectivity index (χ4n) is 3.20. The molecule has 8 heteroatoms. The second-order valence-electron chi connectivity index (χ2n) is 6.71. The minimum absolute atomic E-state index is 0.156. The Morgan fingerprint density at radius 2 is 1.89 bits per heavy atom. The van der Waals surface area contributed by atoms with Crippen LogP contribution in [0.4, 0.5) is 4.39 Å². The van der Waals surface area contributed by atoms with E-state index in [1.807, 2.05) is 22.8 Å². The first-order valence-electron chi connectivity index (χ1n) is 9.01. The van der Waals surface area contributed by atoms with Gasteiger partial charge in [0.1, 0.15) is 11.6 Å². The minimum Gasteiger partial charge on any atom is -0.309 e. The highest BCUT2D eigenvalue weighted by molar-refractivity contribution is 7.98. The number of hydrogen-bond donors (Lipinski definition) is 1. The van der Waals surface area contributed by atoms with Gasteiger partial charge in [-0.1, -0.05) is 36.0 Å². The molecule has 0 radical (unpaired) electrons. The molecule has 0 bridgehead atoms. The van der Waals surface area contributed by atoms with Gasteiger partial charge in [0.05, 0.1) is 22.2 Å². The third kappa shape index (κ3) is 3.09. The number of fused-ring (bicyclic) bond motifs is 1. The van der Waals surface area contributed by atoms with Crippen LogP contribution in [0.1, 0.15) is 24.7 Å². The summed E-state index contributed by atoms with van der Waals surface area (Å²) < 4.78 is 16.3. The number of nitrogens with zero attached hydrogens (tertiary/aromatic N) is 4. The third-order valence-corrected chi connectivity index (χ3v) is 5.65. The second-order valence-corrected chi connectivity index (χ2v) is 7.65. The lowest BCUT2D eigenvalue weighted by Gasteiger charge is -2.09. The van der Waals surface area contributed by atoms with Crippen molar-refractivity contribution in [2.45, 2.75) is 29.8 Å². The number of halogens is 1. The van der Waals surface area contributed by atoms with Gasteiger partial charge in [-0.25, -0.2) is 9.37 Å². The van der Waals surface area contributed by atoms with E-state index in [1.165, 1.54) is 17.8 Å². The number of benzene rings is 2. The molecule has 1 aliphatic carbocycles. The highest BCUT2D eigenvalue weighted by Gasteiger charge is 2.31. The molecule has 2 heterocycles. The summed E-state index contributed by atoms with van der Waals surface area (Å²) in [6.45, 7) is 0. The lowest BCUT2D eigenvalue weighted by molar-refractivity contribution is 0.622. The summed E-state index contributed by atoms with van der Waals surface area (Å²) in [5.41, 5.74) is 0.959. The maximum Gasteiger partial charge on any atom is 0.258 e. The molecule has 0 spiro atoms. The van der Waals surface area contributed by atoms with Crippen molar-refractivity contribution >= 4 is 22.7 Å². The maximum absolute atomic E-state index is 14.3. The predicted molar refractivity (Wildman–Crippen MR) is 106 cm³/mol. The molecule has 28 heavy (non-hydrogen) atoms. The van der Waals surface area contributed by atoms with Crippen LogP contribution in [0, 0.1) is 5.82 Å². The summed E-state index contributed by atoms with van der Waals surface area (Å²) in [7, 11) is 0. The van der Waals surface area contributed by atoms with E-state index in [0.717, 1.165) is 12.8 Å². The average molecular weight is 393 g/mol. The lowest BCUT2D eigenvalue weighted by atomic mass is 10.2. The van der Waals surface area contributed by atoms with E-state index >= 15 is 0 Å². The van der Waals surface area contributed by atoms with E-state index in [9.17, 15) is 9.18 Å². The van der Waals surface area contributed by atoms with Crippen molar-refractivity contribution in [3.8, 4) is 11.4 Å². The number of aromatic nitrogens is 5. The molecule has 0 amide bonds. The Bertz CT molecular complexity index is 1230. The van der Waals surface area contributed by atoms with Crippen molar-refractivity contribution in [2.24, 2.45) is 0 Å². The molecule has 2 aromatic carbocycles. The molecule has 1 aliphatic rings. The fraction of sp³-hybridized carbons (Fsp3) is 0.200. The molecule has 6 nitrogen and oxygen atoms in total. The molecule has 5 rings (SSSR count). The Kier molecular flexibility index (Phi) is 4.20. The predicted octanol–water partition coefficient (Wildman–Crippen LogP) is 3.95. The largest absolute Gasteiger partial charge is 0.309 e. The molecule has 0 atom stereocenters. The zero-order chi connectivity index (χ0) is 19.1. The molecule has 1 saturated carbocycles. The number of hydrogen-bond acceptors (Lipinski definition) is 5. The number of H-pyrrole nitrogens is 1. The van der Waals surface area contributed by atoms with Gasteiger partial charge in [0.15, 0.2) is 11.0 Å². The molecule has 0 unspecified atom stereocenters. The van der Waals surface area contributed by atoms with E-state index in [4.69, 9.17) is 0 Å². The van der Waals surface area contributed by atoms with Gasteiger partial charge in [-0.3, -0.25) is 9.36 Å². The van der Waals surface area contributed by atoms with Gasteiger partial charge in [-0.2, -0.15) is 0 Å². The van der Waals surface area contributed by atoms with Crippen molar-refractivity contribution in [3.63, 3.8) is 0 Å². The minimum atomic E-state index is -0.311. The van der Waals surface area contributed by atoms with Crippen molar-refractivity contribution in [1.82, 2.24) is 24.7 Å². The van der Waals surface area contributed by atoms with Gasteiger partial charge in [0.25, 0.3) is 5.56 Å². The van der Waals surface area contributed by atoms with E-state index in [2.05, 4.69) is 20.2 Å². The summed E-state index contributed by atoms with van der Waals surface area (Å²) in [5.74, 6) is 1.26. The van der Waals surface area contributed by atoms with Gasteiger partial charge < -0.3 is 4.98 Å². The van der Waals surface area contributed by atoms with Crippen molar-refractivity contribution in [1.29, 1.82) is 0 Å². The highest BCUT2D eigenvalue weighted by Crippen LogP contribution is 2.41. The first-order chi connectivity index (χ1) is 13.7. The SMILES string of the molecule is O=c1[nH]c(CSc2nnc(-c3ccccc3F)n2C2CC2)nc2ccccc12. The first kappa shape index (κ1) is 17.1. The molecule has 0 saturated heterocycles. The Labute approximate surface area is 163 Å². The van der Waals surface area contributed by atoms with Crippen LogP contribution in [0.25, 0.3) is 22.3 Å². The van der Waals surface area contributed by atoms with Gasteiger partial charge in [0.2, 0.25) is 0 Å². The summed E-state index contributed by atoms with van der Waals surface area (Å²) in [6, 6.07) is 14.1. The molecule has 1 fully saturated rings. The number of thioether (sulfide) groups is 1. The Hall–Kier alpha value is -3.00. The molecule has 2 aromatic heterocycles. The summed E-state index contributed by atoms with van der Waals surface area (Å²) in [4.78, 5) is 19.6. The number of para-hydroxylation sites is 1. The molecule has 140 valence electrons. The van der Waals surface area contributed by atoms with Crippen LogP contribution in [-0.2, 0) is 5.75 Å². The monoisotopic (exact) mass is 393 g/mol. The van der Waals surface area contributed by atoms with E-state index < -0.39 is 0 Å². The van der Waals surface area contributed by atoms with Crippen LogP contribution in [0.3, 0.4) is 0 Å². The molecular formula is C20H16FN5OS. The maximum atomic E-state index is 14.3. The summed E-state index contributed by atoms with van der Waals surface area (Å²) in [6.07, 6.45) is 2.05. The van der Waals surface area contributed by atoms with E-state index in [0.29, 0.717) is 39.0 Å². The van der Waals surface area contributed by atoms with E-state index in [-0.39, 0.29) is 17.4 Å². The van der Waals surface area contributed by atoms with Gasteiger partial charge in [0, 0.05) is 6.04 Å². The molecular weight excluding hydrogens is 377 g/mol. The topological polar surface area (TPSA) is 76.5 Å². The van der Waals surface area contributed by atoms with Gasteiger partial charge in [-0.05, 0) is 37.1 Å². The van der Waals surface area contributed by atoms with E-state index in [1.54, 1.807) is 24.3 Å². The first-order valence-corrected chi connectivity index (χ1v) is 10.00. The molecule has 1 N–H and O–H groups in total. The molecule has 0 aliphatic heterocycles. The number of aromatic amines is 1. The standard InChI is InChI=1S/C20H16FN5OS/c21-15-7-3-1-5-13(15)18-24-25-20(26(18)12-9-10-12)28-11-17-22-16-8-4-2-6-14(16)19(27)23-17/h1-8,12H,9-11H2,(H,22,23,27). The molecule has 4 aromatic rings. The summed E-state index contributed by atoms with van der Waals surface area (Å²) in [5, 5.41) is 9.81. The van der Waals surface area contributed by atoms with Gasteiger partial charge >= 0.3 is 0 Å². The Morgan fingerprint density at radius 1 is 1.11 bits per heavy atom. The second kappa shape index (κ2) is 6.87. The van der Waals surface area contributed by atoms with Crippen LogP contribution in [0.15, 0.2) is 58.5 Å². The third-order valence-electron chi connectivity index (χ3n) is 4.69. The van der Waals surface area contributed by atoms with Crippen LogP contribution in [0.5, 0.6) is 0 Å². The highest BCUT2D eigenvalue weighted by atomic mass is 32.2. The van der Waals surface area contributed by atoms with Crippen LogP contribution < -0.4 is 5.56 Å². The normalized spacial score (nSPS) is 13.9.